The van der Waals surface area contributed by atoms with Crippen LogP contribution in [-0.2, 0) is 10.1 Å². The molecule has 1 heterocycles. The molecule has 0 unspecified atom stereocenters. The van der Waals surface area contributed by atoms with Crippen LogP contribution in [0.3, 0.4) is 0 Å². The minimum Gasteiger partial charge on any atom is -0.507 e. The molecule has 46 heavy (non-hydrogen) atoms. The van der Waals surface area contributed by atoms with Crippen molar-refractivity contribution in [2.24, 2.45) is 20.5 Å². The normalized spacial score (nSPS) is 11.2. The van der Waals surface area contributed by atoms with Gasteiger partial charge in [-0.05, 0) is 77.9 Å². The number of carboxylic acids is 2. The monoisotopic (exact) mass is 658 g/mol. The quantitative estimate of drug-likeness (QED) is 0.0996. The number of aromatic nitrogens is 2. The second-order valence-electron chi connectivity index (χ2n) is 9.08. The molecule has 0 fully saturated rings. The van der Waals surface area contributed by atoms with Crippen LogP contribution in [0.1, 0.15) is 20.8 Å². The van der Waals surface area contributed by atoms with E-state index < -0.39 is 22.1 Å². The van der Waals surface area contributed by atoms with Crippen molar-refractivity contribution in [2.75, 3.05) is 0 Å². The van der Waals surface area contributed by atoms with Crippen molar-refractivity contribution >= 4 is 44.8 Å². The Bertz CT molecular complexity index is 2050. The Kier molecular flexibility index (Phi) is 12.3. The van der Waals surface area contributed by atoms with Crippen molar-refractivity contribution in [3.63, 3.8) is 0 Å². The fourth-order valence-corrected chi connectivity index (χ4v) is 4.40. The molecule has 0 saturated heterocycles. The van der Waals surface area contributed by atoms with Gasteiger partial charge in [0.05, 0.1) is 33.8 Å². The van der Waals surface area contributed by atoms with E-state index >= 15 is 0 Å². The smallest absolute Gasteiger partial charge is 0.507 e. The Morgan fingerprint density at radius 2 is 1.17 bits per heavy atom. The molecule has 17 heteroatoms. The van der Waals surface area contributed by atoms with Crippen molar-refractivity contribution in [1.82, 2.24) is 9.78 Å². The van der Waals surface area contributed by atoms with Crippen LogP contribution in [0.4, 0.5) is 22.7 Å². The molecule has 0 radical (unpaired) electrons. The number of nitrogens with zero attached hydrogens (tertiary/aromatic N) is 6. The third-order valence-corrected chi connectivity index (χ3v) is 7.00. The van der Waals surface area contributed by atoms with Crippen LogP contribution in [0.15, 0.2) is 123 Å². The number of rotatable bonds is 9. The zero-order valence-corrected chi connectivity index (χ0v) is 29.1. The van der Waals surface area contributed by atoms with Crippen LogP contribution in [-0.4, -0.2) is 50.0 Å². The summed E-state index contributed by atoms with van der Waals surface area (Å²) in [5, 5.41) is 48.6. The molecule has 1 aromatic heterocycles. The predicted octanol–water partition coefficient (Wildman–Crippen LogP) is 0.727. The number of carbonyl (C=O) groups is 2. The van der Waals surface area contributed by atoms with E-state index in [1.165, 1.54) is 41.2 Å². The van der Waals surface area contributed by atoms with Gasteiger partial charge in [0.2, 0.25) is 0 Å². The summed E-state index contributed by atoms with van der Waals surface area (Å²) in [4.78, 5) is 22.6. The molecule has 0 spiro atoms. The second-order valence-corrected chi connectivity index (χ2v) is 10.5. The van der Waals surface area contributed by atoms with Crippen LogP contribution >= 0.6 is 0 Å². The molecular formula is C29H20N6Na2O8S+2. The first-order valence-corrected chi connectivity index (χ1v) is 13.9. The summed E-state index contributed by atoms with van der Waals surface area (Å²) in [7, 11) is -4.38. The molecule has 0 aliphatic heterocycles. The summed E-state index contributed by atoms with van der Waals surface area (Å²) >= 11 is 0. The molecule has 14 nitrogen and oxygen atoms in total. The van der Waals surface area contributed by atoms with Gasteiger partial charge in [-0.1, -0.05) is 24.3 Å². The van der Waals surface area contributed by atoms with Crippen LogP contribution < -0.4 is 59.1 Å². The molecule has 220 valence electrons. The Labute approximate surface area is 305 Å². The molecule has 0 saturated carbocycles. The predicted molar refractivity (Wildman–Crippen MR) is 156 cm³/mol. The second kappa shape index (κ2) is 15.5. The van der Waals surface area contributed by atoms with E-state index in [-0.39, 0.29) is 92.4 Å². The first-order chi connectivity index (χ1) is 21.0. The number of aromatic carboxylic acids is 2. The average Bonchev–Trinajstić information content (AvgIpc) is 3.44. The minimum absolute atomic E-state index is 0. The number of benzene rings is 4. The van der Waals surface area contributed by atoms with Gasteiger partial charge < -0.3 is 15.3 Å². The van der Waals surface area contributed by atoms with Crippen LogP contribution in [0.25, 0.3) is 16.8 Å². The maximum absolute atomic E-state index is 11.7. The standard InChI is InChI=1S/C29H20N6O8S.2Na/c36-26-14-9-21(15-24(26)28(37)38)32-30-19-5-1-17(2-6-19)18-3-7-20(8-4-18)31-33-25-16-35(34-27(25)29(39)40)22-10-12-23(13-11-22)44(41,42)43;;/h1-16,36H,(H,37,38)(H,39,40)(H,41,42,43);;/q;2*+1. The summed E-state index contributed by atoms with van der Waals surface area (Å²) in [5.74, 6) is -2.97. The van der Waals surface area contributed by atoms with Gasteiger partial charge in [0.1, 0.15) is 17.0 Å². The molecular weight excluding hydrogens is 638 g/mol. The van der Waals surface area contributed by atoms with E-state index in [0.717, 1.165) is 23.3 Å². The van der Waals surface area contributed by atoms with Crippen molar-refractivity contribution in [3.05, 3.63) is 108 Å². The number of carboxylic acid groups (broad SMARTS) is 2. The van der Waals surface area contributed by atoms with Crippen molar-refractivity contribution in [2.45, 2.75) is 4.90 Å². The molecule has 0 amide bonds. The van der Waals surface area contributed by atoms with Crippen molar-refractivity contribution in [3.8, 4) is 22.6 Å². The molecule has 0 atom stereocenters. The van der Waals surface area contributed by atoms with Gasteiger partial charge in [0.15, 0.2) is 5.69 Å². The zero-order chi connectivity index (χ0) is 31.4. The fourth-order valence-electron chi connectivity index (χ4n) is 3.92. The third-order valence-electron chi connectivity index (χ3n) is 6.13. The SMILES string of the molecule is O=C(O)c1cc(N=Nc2ccc(-c3ccc(N=Nc4cn(-c5ccc(S(=O)(=O)O)cc5)nc4C(=O)O)cc3)cc2)ccc1O.[Na+].[Na+]. The molecule has 0 bridgehead atoms. The first kappa shape index (κ1) is 36.4. The Hall–Kier alpha value is -4.06. The molecule has 5 rings (SSSR count). The van der Waals surface area contributed by atoms with Crippen LogP contribution in [0.5, 0.6) is 5.75 Å². The van der Waals surface area contributed by atoms with Gasteiger partial charge in [0.25, 0.3) is 10.1 Å². The van der Waals surface area contributed by atoms with E-state index in [1.807, 2.05) is 12.1 Å². The maximum Gasteiger partial charge on any atom is 1.00 e. The maximum atomic E-state index is 11.7. The van der Waals surface area contributed by atoms with Crippen molar-refractivity contribution < 1.29 is 97.0 Å². The molecule has 4 N–H and O–H groups in total. The largest absolute Gasteiger partial charge is 1.00 e. The van der Waals surface area contributed by atoms with Crippen LogP contribution in [0.2, 0.25) is 0 Å². The average molecular weight is 659 g/mol. The Morgan fingerprint density at radius 3 is 1.67 bits per heavy atom. The minimum atomic E-state index is -4.38. The number of azo groups is 2. The Balaban J connectivity index is 0.00000288. The van der Waals surface area contributed by atoms with Crippen molar-refractivity contribution in [1.29, 1.82) is 0 Å². The van der Waals surface area contributed by atoms with Gasteiger partial charge in [0, 0.05) is 0 Å². The number of aromatic hydroxyl groups is 1. The molecule has 4 aromatic carbocycles. The van der Waals surface area contributed by atoms with E-state index in [0.29, 0.717) is 17.1 Å². The number of hydrogen-bond donors (Lipinski definition) is 4. The molecule has 0 aliphatic carbocycles. The van der Waals surface area contributed by atoms with Crippen LogP contribution in [0, 0.1) is 0 Å². The summed E-state index contributed by atoms with van der Waals surface area (Å²) in [6.07, 6.45) is 1.33. The van der Waals surface area contributed by atoms with Gasteiger partial charge >= 0.3 is 71.1 Å². The zero-order valence-electron chi connectivity index (χ0n) is 24.3. The summed E-state index contributed by atoms with van der Waals surface area (Å²) in [5.41, 5.74) is 2.61. The van der Waals surface area contributed by atoms with E-state index in [9.17, 15) is 28.2 Å². The van der Waals surface area contributed by atoms with Gasteiger partial charge in [-0.25, -0.2) is 14.3 Å². The molecule has 5 aromatic rings. The van der Waals surface area contributed by atoms with E-state index in [1.54, 1.807) is 36.4 Å². The van der Waals surface area contributed by atoms with Gasteiger partial charge in [-0.3, -0.25) is 4.55 Å². The Morgan fingerprint density at radius 1 is 0.674 bits per heavy atom. The summed E-state index contributed by atoms with van der Waals surface area (Å²) < 4.78 is 32.9. The molecule has 0 aliphatic rings. The fraction of sp³-hybridized carbons (Fsp3) is 0. The van der Waals surface area contributed by atoms with E-state index in [2.05, 4.69) is 25.6 Å². The van der Waals surface area contributed by atoms with Gasteiger partial charge in [-0.2, -0.15) is 28.9 Å². The third kappa shape index (κ3) is 8.80. The summed E-state index contributed by atoms with van der Waals surface area (Å²) in [6, 6.07) is 23.0. The van der Waals surface area contributed by atoms with Gasteiger partial charge in [-0.15, -0.1) is 5.11 Å². The number of hydrogen-bond acceptors (Lipinski definition) is 10. The topological polar surface area (TPSA) is 216 Å². The summed E-state index contributed by atoms with van der Waals surface area (Å²) in [6.45, 7) is 0. The first-order valence-electron chi connectivity index (χ1n) is 12.5. The van der Waals surface area contributed by atoms with E-state index in [4.69, 9.17) is 9.66 Å². The number of phenols is 1.